The van der Waals surface area contributed by atoms with E-state index in [9.17, 15) is 4.79 Å². The molecule has 1 saturated heterocycles. The molecule has 0 radical (unpaired) electrons. The number of carbonyl (C=O) groups excluding carboxylic acids is 1. The molecule has 0 saturated carbocycles. The third kappa shape index (κ3) is 2.88. The van der Waals surface area contributed by atoms with E-state index in [1.165, 1.54) is 16.0 Å². The minimum atomic E-state index is -0.127. The summed E-state index contributed by atoms with van der Waals surface area (Å²) in [4.78, 5) is 14.2. The Labute approximate surface area is 149 Å². The van der Waals surface area contributed by atoms with Crippen LogP contribution in [0.1, 0.15) is 17.0 Å². The van der Waals surface area contributed by atoms with Crippen LogP contribution in [0.5, 0.6) is 0 Å². The second-order valence-corrected chi connectivity index (χ2v) is 7.27. The highest BCUT2D eigenvalue weighted by Crippen LogP contribution is 2.37. The Morgan fingerprint density at radius 1 is 1.08 bits per heavy atom. The largest absolute Gasteiger partial charge is 0.370 e. The van der Waals surface area contributed by atoms with Crippen LogP contribution in [0.25, 0.3) is 0 Å². The number of amides is 1. The molecule has 4 rings (SSSR count). The number of benzene rings is 2. The number of fused-ring (bicyclic) bond motifs is 1. The molecule has 124 valence electrons. The van der Waals surface area contributed by atoms with E-state index in [1.54, 1.807) is 0 Å². The molecule has 5 heteroatoms. The molecule has 2 aromatic rings. The first-order valence-corrected chi connectivity index (χ1v) is 9.11. The third-order valence-electron chi connectivity index (χ3n) is 4.96. The smallest absolute Gasteiger partial charge is 0.283 e. The summed E-state index contributed by atoms with van der Waals surface area (Å²) < 4.78 is 6.53. The number of hydrogen-bond donors (Lipinski definition) is 2. The molecule has 0 aliphatic carbocycles. The first kappa shape index (κ1) is 15.8. The summed E-state index contributed by atoms with van der Waals surface area (Å²) in [6.07, 6.45) is 0. The van der Waals surface area contributed by atoms with Gasteiger partial charge in [-0.2, -0.15) is 0 Å². The first-order chi connectivity index (χ1) is 11.7. The zero-order valence-corrected chi connectivity index (χ0v) is 14.9. The van der Waals surface area contributed by atoms with E-state index in [0.717, 1.165) is 23.2 Å². The number of hydrogen-bond acceptors (Lipinski definition) is 2. The Morgan fingerprint density at radius 2 is 1.83 bits per heavy atom. The van der Waals surface area contributed by atoms with Crippen molar-refractivity contribution in [1.82, 2.24) is 0 Å². The van der Waals surface area contributed by atoms with Gasteiger partial charge in [0.15, 0.2) is 6.04 Å². The van der Waals surface area contributed by atoms with Crippen LogP contribution < -0.4 is 10.2 Å². The van der Waals surface area contributed by atoms with Gasteiger partial charge in [-0.05, 0) is 29.3 Å². The van der Waals surface area contributed by atoms with E-state index in [1.807, 2.05) is 30.3 Å². The number of rotatable bonds is 2. The van der Waals surface area contributed by atoms with Crippen molar-refractivity contribution in [3.63, 3.8) is 0 Å². The second-order valence-electron chi connectivity index (χ2n) is 6.36. The average molecular weight is 388 g/mol. The van der Waals surface area contributed by atoms with Crippen LogP contribution in [-0.4, -0.2) is 38.3 Å². The van der Waals surface area contributed by atoms with Gasteiger partial charge in [0.1, 0.15) is 13.1 Å². The number of ether oxygens (including phenoxy) is 1. The van der Waals surface area contributed by atoms with Crippen molar-refractivity contribution >= 4 is 27.5 Å². The van der Waals surface area contributed by atoms with E-state index in [4.69, 9.17) is 4.74 Å². The molecule has 0 spiro atoms. The molecule has 2 aromatic carbocycles. The fraction of sp³-hybridized carbons (Fsp3) is 0.316. The van der Waals surface area contributed by atoms with Crippen molar-refractivity contribution in [3.8, 4) is 0 Å². The van der Waals surface area contributed by atoms with E-state index >= 15 is 0 Å². The quantitative estimate of drug-likeness (QED) is 0.825. The van der Waals surface area contributed by atoms with Gasteiger partial charge in [0, 0.05) is 10.2 Å². The number of quaternary nitrogens is 1. The van der Waals surface area contributed by atoms with E-state index < -0.39 is 0 Å². The molecule has 24 heavy (non-hydrogen) atoms. The van der Waals surface area contributed by atoms with Gasteiger partial charge >= 0.3 is 0 Å². The Kier molecular flexibility index (Phi) is 4.39. The molecule has 2 atom stereocenters. The summed E-state index contributed by atoms with van der Waals surface area (Å²) >= 11 is 3.58. The molecule has 4 nitrogen and oxygen atoms in total. The van der Waals surface area contributed by atoms with Crippen LogP contribution >= 0.6 is 15.9 Å². The van der Waals surface area contributed by atoms with Crippen molar-refractivity contribution in [3.05, 3.63) is 64.1 Å². The van der Waals surface area contributed by atoms with Gasteiger partial charge in [0.2, 0.25) is 0 Å². The summed E-state index contributed by atoms with van der Waals surface area (Å²) in [5.74, 6) is 0.163. The van der Waals surface area contributed by atoms with Gasteiger partial charge in [-0.25, -0.2) is 0 Å². The topological polar surface area (TPSA) is 42.8 Å². The molecule has 0 unspecified atom stereocenters. The van der Waals surface area contributed by atoms with Crippen LogP contribution in [0.3, 0.4) is 0 Å². The van der Waals surface area contributed by atoms with E-state index in [0.29, 0.717) is 13.2 Å². The monoisotopic (exact) mass is 387 g/mol. The fourth-order valence-corrected chi connectivity index (χ4v) is 4.22. The molecule has 2 aliphatic rings. The van der Waals surface area contributed by atoms with Crippen molar-refractivity contribution in [2.24, 2.45) is 0 Å². The van der Waals surface area contributed by atoms with Crippen LogP contribution in [0.15, 0.2) is 53.0 Å². The summed E-state index contributed by atoms with van der Waals surface area (Å²) in [6.45, 7) is 3.16. The number of morpholine rings is 1. The first-order valence-electron chi connectivity index (χ1n) is 8.31. The Hall–Kier alpha value is -1.69. The van der Waals surface area contributed by atoms with Crippen LogP contribution in [0.4, 0.5) is 5.69 Å². The van der Waals surface area contributed by atoms with Crippen LogP contribution in [-0.2, 0) is 9.53 Å². The zero-order valence-electron chi connectivity index (χ0n) is 13.3. The van der Waals surface area contributed by atoms with Gasteiger partial charge in [0.05, 0.1) is 19.1 Å². The SMILES string of the molecule is O=C1Nc2ccc(Br)cc2[C@H](c2ccccc2)[C@@H]1[NH+]1CCOCC1. The molecule has 2 N–H and O–H groups in total. The lowest BCUT2D eigenvalue weighted by atomic mass is 9.80. The zero-order chi connectivity index (χ0) is 16.5. The minimum absolute atomic E-state index is 0.0561. The predicted octanol–water partition coefficient (Wildman–Crippen LogP) is 1.82. The highest BCUT2D eigenvalue weighted by atomic mass is 79.9. The van der Waals surface area contributed by atoms with Gasteiger partial charge in [0.25, 0.3) is 5.91 Å². The van der Waals surface area contributed by atoms with Crippen molar-refractivity contribution in [2.45, 2.75) is 12.0 Å². The second kappa shape index (κ2) is 6.67. The number of carbonyl (C=O) groups is 1. The molecule has 1 amide bonds. The number of halogens is 1. The predicted molar refractivity (Wildman–Crippen MR) is 96.4 cm³/mol. The van der Waals surface area contributed by atoms with E-state index in [2.05, 4.69) is 39.4 Å². The molecule has 2 aliphatic heterocycles. The van der Waals surface area contributed by atoms with Gasteiger partial charge < -0.3 is 15.0 Å². The lowest BCUT2D eigenvalue weighted by Crippen LogP contribution is -3.19. The van der Waals surface area contributed by atoms with E-state index in [-0.39, 0.29) is 17.9 Å². The molecule has 2 heterocycles. The number of nitrogens with one attached hydrogen (secondary N) is 2. The maximum atomic E-state index is 12.9. The van der Waals surface area contributed by atoms with Crippen LogP contribution in [0.2, 0.25) is 0 Å². The molecule has 1 fully saturated rings. The van der Waals surface area contributed by atoms with Gasteiger partial charge in [-0.15, -0.1) is 0 Å². The Morgan fingerprint density at radius 3 is 2.58 bits per heavy atom. The lowest BCUT2D eigenvalue weighted by Gasteiger charge is -2.39. The summed E-state index contributed by atoms with van der Waals surface area (Å²) in [7, 11) is 0. The molecular weight excluding hydrogens is 368 g/mol. The molecule has 0 aromatic heterocycles. The standard InChI is InChI=1S/C19H19BrN2O2/c20-14-6-7-16-15(12-14)17(13-4-2-1-3-5-13)18(19(23)21-16)22-8-10-24-11-9-22/h1-7,12,17-18H,8-11H2,(H,21,23)/p+1/t17-,18-/m0/s1. The lowest BCUT2D eigenvalue weighted by molar-refractivity contribution is -0.924. The van der Waals surface area contributed by atoms with Crippen molar-refractivity contribution in [1.29, 1.82) is 0 Å². The highest BCUT2D eigenvalue weighted by molar-refractivity contribution is 9.10. The summed E-state index contributed by atoms with van der Waals surface area (Å²) in [6, 6.07) is 16.3. The average Bonchev–Trinajstić information content (AvgIpc) is 2.62. The van der Waals surface area contributed by atoms with Crippen molar-refractivity contribution < 1.29 is 14.4 Å². The van der Waals surface area contributed by atoms with Gasteiger partial charge in [-0.3, -0.25) is 4.79 Å². The van der Waals surface area contributed by atoms with Gasteiger partial charge in [-0.1, -0.05) is 46.3 Å². The third-order valence-corrected chi connectivity index (χ3v) is 5.45. The maximum Gasteiger partial charge on any atom is 0.283 e. The van der Waals surface area contributed by atoms with Crippen molar-refractivity contribution in [2.75, 3.05) is 31.6 Å². The highest BCUT2D eigenvalue weighted by Gasteiger charge is 2.44. The van der Waals surface area contributed by atoms with Crippen LogP contribution in [0, 0.1) is 0 Å². The Bertz CT molecular complexity index is 744. The minimum Gasteiger partial charge on any atom is -0.370 e. The number of anilines is 1. The normalized spacial score (nSPS) is 24.3. The molecular formula is C19H20BrN2O2+. The Balaban J connectivity index is 1.83. The summed E-state index contributed by atoms with van der Waals surface area (Å²) in [5, 5.41) is 3.11. The molecule has 0 bridgehead atoms. The maximum absolute atomic E-state index is 12.9. The fourth-order valence-electron chi connectivity index (χ4n) is 3.84. The summed E-state index contributed by atoms with van der Waals surface area (Å²) in [5.41, 5.74) is 3.29.